The number of ether oxygens (including phenoxy) is 1. The maximum absolute atomic E-state index is 12.9. The fraction of sp³-hybridized carbons (Fsp3) is 0.190. The van der Waals surface area contributed by atoms with Crippen molar-refractivity contribution < 1.29 is 19.1 Å². The molecule has 0 atom stereocenters. The Morgan fingerprint density at radius 2 is 1.75 bits per heavy atom. The van der Waals surface area contributed by atoms with Crippen molar-refractivity contribution in [3.05, 3.63) is 69.9 Å². The molecule has 2 amide bonds. The summed E-state index contributed by atoms with van der Waals surface area (Å²) in [5.41, 5.74) is 3.20. The summed E-state index contributed by atoms with van der Waals surface area (Å²) in [7, 11) is 0. The first-order valence-electron chi connectivity index (χ1n) is 8.74. The van der Waals surface area contributed by atoms with Gasteiger partial charge in [0.1, 0.15) is 10.7 Å². The highest BCUT2D eigenvalue weighted by Crippen LogP contribution is 2.32. The molecule has 0 fully saturated rings. The zero-order chi connectivity index (χ0) is 20.4. The van der Waals surface area contributed by atoms with E-state index in [1.807, 2.05) is 19.9 Å². The highest BCUT2D eigenvalue weighted by atomic mass is 35.5. The van der Waals surface area contributed by atoms with Gasteiger partial charge in [-0.3, -0.25) is 9.59 Å². The summed E-state index contributed by atoms with van der Waals surface area (Å²) in [5, 5.41) is 2.71. The van der Waals surface area contributed by atoms with E-state index < -0.39 is 17.8 Å². The van der Waals surface area contributed by atoms with Crippen molar-refractivity contribution in [1.82, 2.24) is 0 Å². The van der Waals surface area contributed by atoms with Crippen molar-refractivity contribution in [3.8, 4) is 0 Å². The average Bonchev–Trinajstić information content (AvgIpc) is 2.88. The van der Waals surface area contributed by atoms with E-state index >= 15 is 0 Å². The van der Waals surface area contributed by atoms with Gasteiger partial charge in [-0.25, -0.2) is 9.69 Å². The molecule has 2 aromatic rings. The van der Waals surface area contributed by atoms with E-state index in [9.17, 15) is 14.4 Å². The summed E-state index contributed by atoms with van der Waals surface area (Å²) in [6.45, 7) is 5.76. The topological polar surface area (TPSA) is 75.7 Å². The molecule has 0 radical (unpaired) electrons. The molecule has 2 aromatic carbocycles. The van der Waals surface area contributed by atoms with E-state index in [4.69, 9.17) is 16.3 Å². The fourth-order valence-corrected chi connectivity index (χ4v) is 3.07. The SMILES string of the molecule is CCOC(=O)c1ccc(NC2=C(Cl)C(=O)N(c3cccc(C)c3C)C2=O)cc1. The Morgan fingerprint density at radius 3 is 2.39 bits per heavy atom. The Labute approximate surface area is 167 Å². The quantitative estimate of drug-likeness (QED) is 0.610. The predicted molar refractivity (Wildman–Crippen MR) is 107 cm³/mol. The van der Waals surface area contributed by atoms with Gasteiger partial charge >= 0.3 is 5.97 Å². The molecule has 0 spiro atoms. The van der Waals surface area contributed by atoms with E-state index in [1.54, 1.807) is 43.3 Å². The number of rotatable bonds is 5. The van der Waals surface area contributed by atoms with Crippen LogP contribution in [0.5, 0.6) is 0 Å². The third-order valence-corrected chi connectivity index (χ3v) is 4.86. The molecule has 0 unspecified atom stereocenters. The average molecular weight is 399 g/mol. The first-order chi connectivity index (χ1) is 13.3. The van der Waals surface area contributed by atoms with E-state index in [0.29, 0.717) is 16.9 Å². The Balaban J connectivity index is 1.85. The van der Waals surface area contributed by atoms with Crippen LogP contribution in [0.4, 0.5) is 11.4 Å². The van der Waals surface area contributed by atoms with Crippen LogP contribution in [0, 0.1) is 13.8 Å². The number of amides is 2. The van der Waals surface area contributed by atoms with Crippen LogP contribution in [-0.4, -0.2) is 24.4 Å². The Kier molecular flexibility index (Phi) is 5.51. The van der Waals surface area contributed by atoms with Crippen LogP contribution in [0.1, 0.15) is 28.4 Å². The second-order valence-corrected chi connectivity index (χ2v) is 6.65. The largest absolute Gasteiger partial charge is 0.462 e. The number of hydrogen-bond acceptors (Lipinski definition) is 5. The molecule has 28 heavy (non-hydrogen) atoms. The minimum absolute atomic E-state index is 0.00328. The van der Waals surface area contributed by atoms with Crippen LogP contribution in [0.25, 0.3) is 0 Å². The maximum Gasteiger partial charge on any atom is 0.338 e. The summed E-state index contributed by atoms with van der Waals surface area (Å²) < 4.78 is 4.94. The summed E-state index contributed by atoms with van der Waals surface area (Å²) in [6.07, 6.45) is 0. The highest BCUT2D eigenvalue weighted by molar-refractivity contribution is 6.53. The van der Waals surface area contributed by atoms with Gasteiger partial charge in [0.25, 0.3) is 11.8 Å². The highest BCUT2D eigenvalue weighted by Gasteiger charge is 2.39. The molecule has 0 saturated heterocycles. The number of nitrogens with zero attached hydrogens (tertiary/aromatic N) is 1. The Hall–Kier alpha value is -3.12. The van der Waals surface area contributed by atoms with E-state index in [1.165, 1.54) is 0 Å². The zero-order valence-corrected chi connectivity index (χ0v) is 16.5. The number of nitrogens with one attached hydrogen (secondary N) is 1. The van der Waals surface area contributed by atoms with Crippen molar-refractivity contribution in [2.24, 2.45) is 0 Å². The first kappa shape index (κ1) is 19.6. The molecular formula is C21H19ClN2O4. The number of imide groups is 1. The molecule has 1 aliphatic heterocycles. The third kappa shape index (κ3) is 3.51. The molecule has 6 nitrogen and oxygen atoms in total. The van der Waals surface area contributed by atoms with Gasteiger partial charge < -0.3 is 10.1 Å². The molecule has 1 heterocycles. The van der Waals surface area contributed by atoms with Crippen molar-refractivity contribution in [3.63, 3.8) is 0 Å². The second kappa shape index (κ2) is 7.86. The van der Waals surface area contributed by atoms with Crippen LogP contribution in [-0.2, 0) is 14.3 Å². The molecule has 144 valence electrons. The number of benzene rings is 2. The van der Waals surface area contributed by atoms with Crippen LogP contribution < -0.4 is 10.2 Å². The van der Waals surface area contributed by atoms with E-state index in [0.717, 1.165) is 16.0 Å². The van der Waals surface area contributed by atoms with Gasteiger partial charge in [0, 0.05) is 5.69 Å². The molecule has 0 saturated carbocycles. The summed E-state index contributed by atoms with van der Waals surface area (Å²) in [4.78, 5) is 38.3. The number of carbonyl (C=O) groups excluding carboxylic acids is 3. The van der Waals surface area contributed by atoms with Crippen molar-refractivity contribution >= 4 is 40.8 Å². The van der Waals surface area contributed by atoms with Gasteiger partial charge in [0.15, 0.2) is 0 Å². The molecular weight excluding hydrogens is 380 g/mol. The molecule has 0 bridgehead atoms. The number of hydrogen-bond donors (Lipinski definition) is 1. The summed E-state index contributed by atoms with van der Waals surface area (Å²) in [6, 6.07) is 11.8. The smallest absolute Gasteiger partial charge is 0.338 e. The Morgan fingerprint density at radius 1 is 1.07 bits per heavy atom. The second-order valence-electron chi connectivity index (χ2n) is 6.28. The number of anilines is 2. The van der Waals surface area contributed by atoms with Gasteiger partial charge in [-0.2, -0.15) is 0 Å². The molecule has 7 heteroatoms. The minimum atomic E-state index is -0.578. The summed E-state index contributed by atoms with van der Waals surface area (Å²) in [5.74, 6) is -1.54. The zero-order valence-electron chi connectivity index (χ0n) is 15.7. The van der Waals surface area contributed by atoms with Crippen molar-refractivity contribution in [1.29, 1.82) is 0 Å². The van der Waals surface area contributed by atoms with Gasteiger partial charge in [-0.05, 0) is 62.2 Å². The minimum Gasteiger partial charge on any atom is -0.462 e. The third-order valence-electron chi connectivity index (χ3n) is 4.51. The molecule has 3 rings (SSSR count). The standard InChI is InChI=1S/C21H19ClN2O4/c1-4-28-21(27)14-8-10-15(11-9-14)23-18-17(22)19(25)24(20(18)26)16-7-5-6-12(2)13(16)3/h5-11,23H,4H2,1-3H3. The lowest BCUT2D eigenvalue weighted by atomic mass is 10.1. The van der Waals surface area contributed by atoms with Gasteiger partial charge in [-0.15, -0.1) is 0 Å². The van der Waals surface area contributed by atoms with Crippen molar-refractivity contribution in [2.45, 2.75) is 20.8 Å². The predicted octanol–water partition coefficient (Wildman–Crippen LogP) is 3.92. The number of carbonyl (C=O) groups is 3. The van der Waals surface area contributed by atoms with E-state index in [2.05, 4.69) is 5.32 Å². The normalized spacial score (nSPS) is 13.9. The van der Waals surface area contributed by atoms with Gasteiger partial charge in [0.2, 0.25) is 0 Å². The lowest BCUT2D eigenvalue weighted by Gasteiger charge is -2.18. The lowest BCUT2D eigenvalue weighted by molar-refractivity contribution is -0.120. The van der Waals surface area contributed by atoms with Gasteiger partial charge in [-0.1, -0.05) is 23.7 Å². The Bertz CT molecular complexity index is 996. The van der Waals surface area contributed by atoms with Crippen LogP contribution in [0.2, 0.25) is 0 Å². The molecule has 1 N–H and O–H groups in total. The maximum atomic E-state index is 12.9. The van der Waals surface area contributed by atoms with Crippen LogP contribution >= 0.6 is 11.6 Å². The lowest BCUT2D eigenvalue weighted by Crippen LogP contribution is -2.33. The van der Waals surface area contributed by atoms with Gasteiger partial charge in [0.05, 0.1) is 17.9 Å². The number of esters is 1. The number of aryl methyl sites for hydroxylation is 1. The van der Waals surface area contributed by atoms with Crippen LogP contribution in [0.15, 0.2) is 53.2 Å². The molecule has 0 aromatic heterocycles. The monoisotopic (exact) mass is 398 g/mol. The summed E-state index contributed by atoms with van der Waals surface area (Å²) >= 11 is 6.16. The molecule has 0 aliphatic carbocycles. The fourth-order valence-electron chi connectivity index (χ4n) is 2.86. The van der Waals surface area contributed by atoms with Crippen molar-refractivity contribution in [2.75, 3.05) is 16.8 Å². The van der Waals surface area contributed by atoms with E-state index in [-0.39, 0.29) is 17.3 Å². The van der Waals surface area contributed by atoms with Crippen LogP contribution in [0.3, 0.4) is 0 Å². The molecule has 1 aliphatic rings. The number of halogens is 1. The first-order valence-corrected chi connectivity index (χ1v) is 9.12.